The van der Waals surface area contributed by atoms with E-state index in [1.165, 1.54) is 19.3 Å². The molecular weight excluding hydrogens is 222 g/mol. The molecule has 0 bridgehead atoms. The Kier molecular flexibility index (Phi) is 3.59. The average Bonchev–Trinajstić information content (AvgIpc) is 2.52. The highest BCUT2D eigenvalue weighted by Crippen LogP contribution is 2.29. The second kappa shape index (κ2) is 4.65. The van der Waals surface area contributed by atoms with Gasteiger partial charge in [-0.3, -0.25) is 0 Å². The zero-order valence-corrected chi connectivity index (χ0v) is 11.1. The lowest BCUT2D eigenvalue weighted by atomic mass is 9.78. The summed E-state index contributed by atoms with van der Waals surface area (Å²) >= 11 is 0. The molecule has 16 heavy (non-hydrogen) atoms. The summed E-state index contributed by atoms with van der Waals surface area (Å²) in [5, 5.41) is 3.59. The summed E-state index contributed by atoms with van der Waals surface area (Å²) in [7, 11) is -2.74. The summed E-state index contributed by atoms with van der Waals surface area (Å²) in [5.74, 6) is 2.10. The lowest BCUT2D eigenvalue weighted by Gasteiger charge is -2.37. The van der Waals surface area contributed by atoms with E-state index in [4.69, 9.17) is 0 Å². The first kappa shape index (κ1) is 12.4. The molecule has 1 aliphatic heterocycles. The van der Waals surface area contributed by atoms with Gasteiger partial charge in [0, 0.05) is 12.1 Å². The molecule has 3 nitrogen and oxygen atoms in total. The van der Waals surface area contributed by atoms with Crippen LogP contribution in [0.4, 0.5) is 0 Å². The van der Waals surface area contributed by atoms with Gasteiger partial charge in [0.2, 0.25) is 0 Å². The molecule has 0 spiro atoms. The maximum Gasteiger partial charge on any atom is 0.151 e. The number of rotatable bonds is 2. The van der Waals surface area contributed by atoms with Gasteiger partial charge in [-0.15, -0.1) is 0 Å². The highest BCUT2D eigenvalue weighted by atomic mass is 32.2. The van der Waals surface area contributed by atoms with E-state index >= 15 is 0 Å². The Morgan fingerprint density at radius 2 is 1.69 bits per heavy atom. The Balaban J connectivity index is 1.93. The molecule has 2 rings (SSSR count). The van der Waals surface area contributed by atoms with Gasteiger partial charge in [-0.25, -0.2) is 8.42 Å². The SMILES string of the molecule is CC1CCCC(C)C1NC1CCS(=O)(=O)C1. The Hall–Kier alpha value is -0.0900. The van der Waals surface area contributed by atoms with Gasteiger partial charge >= 0.3 is 0 Å². The zero-order valence-electron chi connectivity index (χ0n) is 10.3. The molecule has 0 aromatic heterocycles. The fourth-order valence-electron chi connectivity index (χ4n) is 3.21. The average molecular weight is 245 g/mol. The van der Waals surface area contributed by atoms with Gasteiger partial charge in [-0.2, -0.15) is 0 Å². The van der Waals surface area contributed by atoms with Crippen molar-refractivity contribution in [2.75, 3.05) is 11.5 Å². The van der Waals surface area contributed by atoms with Crippen LogP contribution >= 0.6 is 0 Å². The molecule has 94 valence electrons. The van der Waals surface area contributed by atoms with Crippen LogP contribution in [0.5, 0.6) is 0 Å². The Morgan fingerprint density at radius 1 is 1.06 bits per heavy atom. The number of nitrogens with one attached hydrogen (secondary N) is 1. The summed E-state index contributed by atoms with van der Waals surface area (Å²) in [6.45, 7) is 4.58. The number of hydrogen-bond donors (Lipinski definition) is 1. The molecule has 3 atom stereocenters. The van der Waals surface area contributed by atoms with Crippen molar-refractivity contribution in [2.24, 2.45) is 11.8 Å². The van der Waals surface area contributed by atoms with Gasteiger partial charge in [-0.1, -0.05) is 20.3 Å². The van der Waals surface area contributed by atoms with Gasteiger partial charge in [-0.05, 0) is 31.1 Å². The second-order valence-electron chi connectivity index (χ2n) is 5.68. The monoisotopic (exact) mass is 245 g/mol. The molecule has 1 N–H and O–H groups in total. The van der Waals surface area contributed by atoms with Crippen LogP contribution in [-0.4, -0.2) is 32.0 Å². The minimum Gasteiger partial charge on any atom is -0.310 e. The highest BCUT2D eigenvalue weighted by molar-refractivity contribution is 7.91. The second-order valence-corrected chi connectivity index (χ2v) is 7.91. The standard InChI is InChI=1S/C12H23NO2S/c1-9-4-3-5-10(2)12(9)13-11-6-7-16(14,15)8-11/h9-13H,3-8H2,1-2H3. The summed E-state index contributed by atoms with van der Waals surface area (Å²) in [5.41, 5.74) is 0. The van der Waals surface area contributed by atoms with Crippen LogP contribution in [0.2, 0.25) is 0 Å². The van der Waals surface area contributed by atoms with Crippen molar-refractivity contribution in [1.82, 2.24) is 5.32 Å². The topological polar surface area (TPSA) is 46.2 Å². The molecule has 2 fully saturated rings. The van der Waals surface area contributed by atoms with Gasteiger partial charge in [0.05, 0.1) is 11.5 Å². The minimum absolute atomic E-state index is 0.206. The highest BCUT2D eigenvalue weighted by Gasteiger charge is 2.34. The lowest BCUT2D eigenvalue weighted by molar-refractivity contribution is 0.196. The molecule has 0 aromatic rings. The van der Waals surface area contributed by atoms with Crippen LogP contribution in [0.25, 0.3) is 0 Å². The van der Waals surface area contributed by atoms with E-state index in [0.717, 1.165) is 6.42 Å². The molecule has 1 saturated carbocycles. The van der Waals surface area contributed by atoms with Crippen molar-refractivity contribution in [3.63, 3.8) is 0 Å². The molecule has 1 saturated heterocycles. The van der Waals surface area contributed by atoms with Crippen molar-refractivity contribution in [3.8, 4) is 0 Å². The van der Waals surface area contributed by atoms with E-state index in [-0.39, 0.29) is 6.04 Å². The van der Waals surface area contributed by atoms with Gasteiger partial charge in [0.15, 0.2) is 9.84 Å². The molecule has 3 unspecified atom stereocenters. The summed E-state index contributed by atoms with van der Waals surface area (Å²) in [6.07, 6.45) is 4.69. The summed E-state index contributed by atoms with van der Waals surface area (Å²) < 4.78 is 22.8. The molecule has 2 aliphatic rings. The zero-order chi connectivity index (χ0) is 11.8. The number of sulfone groups is 1. The van der Waals surface area contributed by atoms with Crippen LogP contribution in [0, 0.1) is 11.8 Å². The van der Waals surface area contributed by atoms with E-state index < -0.39 is 9.84 Å². The maximum atomic E-state index is 11.4. The van der Waals surface area contributed by atoms with Crippen molar-refractivity contribution in [2.45, 2.75) is 51.6 Å². The van der Waals surface area contributed by atoms with Crippen LogP contribution < -0.4 is 5.32 Å². The van der Waals surface area contributed by atoms with E-state index in [0.29, 0.717) is 29.4 Å². The fourth-order valence-corrected chi connectivity index (χ4v) is 4.90. The smallest absolute Gasteiger partial charge is 0.151 e. The van der Waals surface area contributed by atoms with Gasteiger partial charge in [0.1, 0.15) is 0 Å². The predicted molar refractivity (Wildman–Crippen MR) is 66.2 cm³/mol. The quantitative estimate of drug-likeness (QED) is 0.803. The Morgan fingerprint density at radius 3 is 2.19 bits per heavy atom. The normalized spacial score (nSPS) is 43.4. The van der Waals surface area contributed by atoms with Crippen molar-refractivity contribution in [3.05, 3.63) is 0 Å². The van der Waals surface area contributed by atoms with E-state index in [1.807, 2.05) is 0 Å². The molecule has 0 aromatic carbocycles. The van der Waals surface area contributed by atoms with Crippen LogP contribution in [-0.2, 0) is 9.84 Å². The Labute approximate surface area is 98.9 Å². The maximum absolute atomic E-state index is 11.4. The molecule has 0 radical (unpaired) electrons. The summed E-state index contributed by atoms with van der Waals surface area (Å²) in [6, 6.07) is 0.727. The third-order valence-electron chi connectivity index (χ3n) is 4.21. The van der Waals surface area contributed by atoms with Crippen molar-refractivity contribution >= 4 is 9.84 Å². The molecule has 1 heterocycles. The first-order valence-electron chi connectivity index (χ1n) is 6.44. The Bertz CT molecular complexity index is 329. The third kappa shape index (κ3) is 2.77. The van der Waals surface area contributed by atoms with E-state index in [2.05, 4.69) is 19.2 Å². The number of hydrogen-bond acceptors (Lipinski definition) is 3. The van der Waals surface area contributed by atoms with E-state index in [1.54, 1.807) is 0 Å². The first-order chi connectivity index (χ1) is 7.48. The van der Waals surface area contributed by atoms with Crippen LogP contribution in [0.15, 0.2) is 0 Å². The first-order valence-corrected chi connectivity index (χ1v) is 8.26. The molecule has 4 heteroatoms. The summed E-state index contributed by atoms with van der Waals surface area (Å²) in [4.78, 5) is 0. The third-order valence-corrected chi connectivity index (χ3v) is 5.97. The fraction of sp³-hybridized carbons (Fsp3) is 1.00. The lowest BCUT2D eigenvalue weighted by Crippen LogP contribution is -2.48. The molecular formula is C12H23NO2S. The van der Waals surface area contributed by atoms with Crippen molar-refractivity contribution < 1.29 is 8.42 Å². The van der Waals surface area contributed by atoms with Crippen molar-refractivity contribution in [1.29, 1.82) is 0 Å². The van der Waals surface area contributed by atoms with Gasteiger partial charge < -0.3 is 5.32 Å². The van der Waals surface area contributed by atoms with Crippen LogP contribution in [0.3, 0.4) is 0 Å². The van der Waals surface area contributed by atoms with Gasteiger partial charge in [0.25, 0.3) is 0 Å². The minimum atomic E-state index is -2.74. The molecule has 1 aliphatic carbocycles. The van der Waals surface area contributed by atoms with E-state index in [9.17, 15) is 8.42 Å². The predicted octanol–water partition coefficient (Wildman–Crippen LogP) is 1.59. The molecule has 0 amide bonds. The van der Waals surface area contributed by atoms with Crippen LogP contribution in [0.1, 0.15) is 39.5 Å². The largest absolute Gasteiger partial charge is 0.310 e.